The average Bonchev–Trinajstić information content (AvgIpc) is 2.53. The van der Waals surface area contributed by atoms with Crippen LogP contribution in [-0.2, 0) is 4.79 Å². The summed E-state index contributed by atoms with van der Waals surface area (Å²) >= 11 is 0. The van der Waals surface area contributed by atoms with Gasteiger partial charge in [-0.2, -0.15) is 5.10 Å². The first-order valence-electron chi connectivity index (χ1n) is 6.78. The van der Waals surface area contributed by atoms with Crippen molar-refractivity contribution in [2.75, 3.05) is 10.7 Å². The summed E-state index contributed by atoms with van der Waals surface area (Å²) in [4.78, 5) is 10.9. The second-order valence-corrected chi connectivity index (χ2v) is 4.56. The third kappa shape index (κ3) is 5.16. The predicted octanol–water partition coefficient (Wildman–Crippen LogP) is 4.17. The highest BCUT2D eigenvalue weighted by Gasteiger charge is 1.96. The summed E-state index contributed by atoms with van der Waals surface area (Å²) in [5, 5.41) is 14.9. The number of rotatable bonds is 4. The molecule has 6 heteroatoms. The quantitative estimate of drug-likeness (QED) is 0.384. The average molecular weight is 295 g/mol. The highest BCUT2D eigenvalue weighted by molar-refractivity contribution is 5.88. The first-order chi connectivity index (χ1) is 10.6. The number of nitrogens with zero attached hydrogens (tertiary/aromatic N) is 3. The normalized spacial score (nSPS) is 11.5. The van der Waals surface area contributed by atoms with Crippen LogP contribution in [0, 0.1) is 0 Å². The fraction of sp³-hybridized carbons (Fsp3) is 0.125. The Morgan fingerprint density at radius 1 is 0.909 bits per heavy atom. The fourth-order valence-corrected chi connectivity index (χ4v) is 1.63. The van der Waals surface area contributed by atoms with Crippen molar-refractivity contribution in [3.63, 3.8) is 0 Å². The van der Waals surface area contributed by atoms with E-state index in [1.54, 1.807) is 31.2 Å². The molecule has 2 aromatic rings. The maximum atomic E-state index is 10.9. The monoisotopic (exact) mass is 295 g/mol. The van der Waals surface area contributed by atoms with Gasteiger partial charge in [-0.15, -0.1) is 10.2 Å². The molecule has 0 spiro atoms. The van der Waals surface area contributed by atoms with Crippen LogP contribution >= 0.6 is 0 Å². The van der Waals surface area contributed by atoms with Crippen molar-refractivity contribution in [3.8, 4) is 0 Å². The number of nitrogens with one attached hydrogen (secondary N) is 2. The van der Waals surface area contributed by atoms with E-state index in [0.717, 1.165) is 11.4 Å². The van der Waals surface area contributed by atoms with Crippen LogP contribution in [0.4, 0.5) is 17.1 Å². The van der Waals surface area contributed by atoms with Gasteiger partial charge in [0.1, 0.15) is 0 Å². The fourth-order valence-electron chi connectivity index (χ4n) is 1.63. The van der Waals surface area contributed by atoms with Crippen LogP contribution in [0.25, 0.3) is 0 Å². The molecule has 0 atom stereocenters. The predicted molar refractivity (Wildman–Crippen MR) is 88.4 cm³/mol. The number of anilines is 2. The first kappa shape index (κ1) is 15.4. The van der Waals surface area contributed by atoms with Crippen molar-refractivity contribution in [1.82, 2.24) is 0 Å². The topological polar surface area (TPSA) is 78.2 Å². The standard InChI is InChI=1S/C16H17N5O/c1-12(18-20-15-6-4-3-5-7-15)19-21-16-10-8-14(9-11-16)17-13(2)22/h3-11,20H,1-2H3,(H,17,22)/b18-12+,21-19?. The minimum Gasteiger partial charge on any atom is -0.326 e. The number of amidine groups is 1. The largest absolute Gasteiger partial charge is 0.326 e. The number of hydrogen-bond acceptors (Lipinski definition) is 4. The van der Waals surface area contributed by atoms with E-state index >= 15 is 0 Å². The van der Waals surface area contributed by atoms with E-state index in [0.29, 0.717) is 11.5 Å². The second kappa shape index (κ2) is 7.68. The number of azo groups is 1. The van der Waals surface area contributed by atoms with Crippen LogP contribution < -0.4 is 10.7 Å². The van der Waals surface area contributed by atoms with E-state index in [1.165, 1.54) is 6.92 Å². The number of amides is 1. The molecule has 0 bridgehead atoms. The Morgan fingerprint density at radius 3 is 2.23 bits per heavy atom. The van der Waals surface area contributed by atoms with Crippen molar-refractivity contribution < 1.29 is 4.79 Å². The number of carbonyl (C=O) groups is 1. The molecule has 0 aliphatic rings. The third-order valence-electron chi connectivity index (χ3n) is 2.62. The van der Waals surface area contributed by atoms with Crippen LogP contribution in [0.2, 0.25) is 0 Å². The second-order valence-electron chi connectivity index (χ2n) is 4.56. The Kier molecular flexibility index (Phi) is 5.37. The molecule has 112 valence electrons. The smallest absolute Gasteiger partial charge is 0.221 e. The van der Waals surface area contributed by atoms with Crippen molar-refractivity contribution in [3.05, 3.63) is 54.6 Å². The Morgan fingerprint density at radius 2 is 1.59 bits per heavy atom. The van der Waals surface area contributed by atoms with Gasteiger partial charge in [0.2, 0.25) is 5.91 Å². The van der Waals surface area contributed by atoms with Gasteiger partial charge in [-0.25, -0.2) is 0 Å². The molecule has 2 rings (SSSR count). The van der Waals surface area contributed by atoms with Crippen molar-refractivity contribution in [2.24, 2.45) is 15.3 Å². The highest BCUT2D eigenvalue weighted by Crippen LogP contribution is 2.16. The Balaban J connectivity index is 1.94. The van der Waals surface area contributed by atoms with Crippen LogP contribution in [0.5, 0.6) is 0 Å². The van der Waals surface area contributed by atoms with E-state index in [4.69, 9.17) is 0 Å². The Hall–Kier alpha value is -3.02. The molecule has 22 heavy (non-hydrogen) atoms. The minimum absolute atomic E-state index is 0.107. The van der Waals surface area contributed by atoms with Gasteiger partial charge in [0.15, 0.2) is 5.84 Å². The number of hydrazone groups is 1. The lowest BCUT2D eigenvalue weighted by atomic mass is 10.3. The van der Waals surface area contributed by atoms with Crippen molar-refractivity contribution in [2.45, 2.75) is 13.8 Å². The lowest BCUT2D eigenvalue weighted by Gasteiger charge is -2.01. The molecule has 0 heterocycles. The van der Waals surface area contributed by atoms with Gasteiger partial charge < -0.3 is 5.32 Å². The number of carbonyl (C=O) groups excluding carboxylic acids is 1. The molecule has 2 aromatic carbocycles. The van der Waals surface area contributed by atoms with Gasteiger partial charge >= 0.3 is 0 Å². The van der Waals surface area contributed by atoms with Crippen LogP contribution in [0.15, 0.2) is 69.9 Å². The molecule has 0 radical (unpaired) electrons. The minimum atomic E-state index is -0.107. The van der Waals surface area contributed by atoms with Gasteiger partial charge in [0, 0.05) is 12.6 Å². The zero-order chi connectivity index (χ0) is 15.8. The molecular formula is C16H17N5O. The van der Waals surface area contributed by atoms with Gasteiger partial charge in [-0.05, 0) is 43.3 Å². The van der Waals surface area contributed by atoms with Crippen molar-refractivity contribution in [1.29, 1.82) is 0 Å². The molecule has 0 fully saturated rings. The Bertz CT molecular complexity index is 677. The maximum absolute atomic E-state index is 10.9. The van der Waals surface area contributed by atoms with E-state index in [-0.39, 0.29) is 5.91 Å². The molecule has 0 saturated carbocycles. The van der Waals surface area contributed by atoms with E-state index in [2.05, 4.69) is 26.1 Å². The summed E-state index contributed by atoms with van der Waals surface area (Å²) in [5.41, 5.74) is 5.19. The number of hydrogen-bond donors (Lipinski definition) is 2. The summed E-state index contributed by atoms with van der Waals surface area (Å²) < 4.78 is 0. The van der Waals surface area contributed by atoms with Crippen molar-refractivity contribution >= 4 is 28.8 Å². The van der Waals surface area contributed by atoms with E-state index < -0.39 is 0 Å². The lowest BCUT2D eigenvalue weighted by Crippen LogP contribution is -2.04. The van der Waals surface area contributed by atoms with E-state index in [9.17, 15) is 4.79 Å². The number of para-hydroxylation sites is 1. The number of benzene rings is 2. The summed E-state index contributed by atoms with van der Waals surface area (Å²) in [5.74, 6) is 0.402. The van der Waals surface area contributed by atoms with Gasteiger partial charge in [-0.1, -0.05) is 18.2 Å². The summed E-state index contributed by atoms with van der Waals surface area (Å²) in [6, 6.07) is 16.7. The molecule has 0 aliphatic carbocycles. The van der Waals surface area contributed by atoms with Gasteiger partial charge in [-0.3, -0.25) is 10.2 Å². The summed E-state index contributed by atoms with van der Waals surface area (Å²) in [7, 11) is 0. The Labute approximate surface area is 129 Å². The van der Waals surface area contributed by atoms with E-state index in [1.807, 2.05) is 30.3 Å². The molecule has 0 aromatic heterocycles. The lowest BCUT2D eigenvalue weighted by molar-refractivity contribution is -0.114. The zero-order valence-corrected chi connectivity index (χ0v) is 12.4. The van der Waals surface area contributed by atoms with Crippen LogP contribution in [0.1, 0.15) is 13.8 Å². The SMILES string of the molecule is CC(=O)Nc1ccc(N=N/C(C)=N/Nc2ccccc2)cc1. The van der Waals surface area contributed by atoms with Gasteiger partial charge in [0.25, 0.3) is 0 Å². The molecule has 6 nitrogen and oxygen atoms in total. The van der Waals surface area contributed by atoms with Crippen LogP contribution in [0.3, 0.4) is 0 Å². The summed E-state index contributed by atoms with van der Waals surface area (Å²) in [6.45, 7) is 3.22. The molecule has 1 amide bonds. The molecule has 0 aliphatic heterocycles. The zero-order valence-electron chi connectivity index (χ0n) is 12.4. The first-order valence-corrected chi connectivity index (χ1v) is 6.78. The highest BCUT2D eigenvalue weighted by atomic mass is 16.1. The molecule has 0 saturated heterocycles. The maximum Gasteiger partial charge on any atom is 0.221 e. The van der Waals surface area contributed by atoms with Gasteiger partial charge in [0.05, 0.1) is 11.4 Å². The molecule has 2 N–H and O–H groups in total. The molecule has 0 unspecified atom stereocenters. The van der Waals surface area contributed by atoms with Crippen LogP contribution in [-0.4, -0.2) is 11.7 Å². The third-order valence-corrected chi connectivity index (χ3v) is 2.62. The molecular weight excluding hydrogens is 278 g/mol. The summed E-state index contributed by atoms with van der Waals surface area (Å²) in [6.07, 6.45) is 0.